The second kappa shape index (κ2) is 6.78. The Morgan fingerprint density at radius 1 is 1.29 bits per heavy atom. The Hall–Kier alpha value is -1.78. The van der Waals surface area contributed by atoms with Crippen LogP contribution in [0.1, 0.15) is 11.1 Å². The van der Waals surface area contributed by atoms with E-state index in [2.05, 4.69) is 15.9 Å². The van der Waals surface area contributed by atoms with Crippen molar-refractivity contribution in [3.63, 3.8) is 0 Å². The molecule has 0 heterocycles. The predicted octanol–water partition coefficient (Wildman–Crippen LogP) is 5.30. The summed E-state index contributed by atoms with van der Waals surface area (Å²) in [5.74, 6) is 0.203. The molecule has 21 heavy (non-hydrogen) atoms. The first kappa shape index (κ1) is 15.6. The summed E-state index contributed by atoms with van der Waals surface area (Å²) in [4.78, 5) is 10.5. The molecule has 0 aromatic heterocycles. The van der Waals surface area contributed by atoms with Gasteiger partial charge in [-0.15, -0.1) is 0 Å². The van der Waals surface area contributed by atoms with Crippen molar-refractivity contribution in [3.05, 3.63) is 63.1 Å². The molecule has 0 spiro atoms. The second-order valence-electron chi connectivity index (χ2n) is 4.37. The fraction of sp³-hybridized carbons (Fsp3) is 0.0625. The Balaban J connectivity index is 2.21. The number of hydrogen-bond acceptors (Lipinski definition) is 2. The molecule has 2 aromatic carbocycles. The summed E-state index contributed by atoms with van der Waals surface area (Å²) in [5, 5.41) is 9.01. The highest BCUT2D eigenvalue weighted by Gasteiger charge is 2.05. The summed E-state index contributed by atoms with van der Waals surface area (Å²) in [6.07, 6.45) is 2.53. The second-order valence-corrected chi connectivity index (χ2v) is 5.64. The molecule has 0 amide bonds. The number of hydrogen-bond donors (Lipinski definition) is 1. The van der Waals surface area contributed by atoms with E-state index in [1.807, 2.05) is 25.1 Å². The first-order valence-electron chi connectivity index (χ1n) is 6.10. The zero-order valence-corrected chi connectivity index (χ0v) is 13.5. The van der Waals surface area contributed by atoms with Gasteiger partial charge in [0, 0.05) is 10.5 Å². The van der Waals surface area contributed by atoms with Crippen molar-refractivity contribution >= 4 is 39.6 Å². The van der Waals surface area contributed by atoms with E-state index in [1.54, 1.807) is 18.2 Å². The zero-order valence-electron chi connectivity index (χ0n) is 11.1. The first-order valence-corrected chi connectivity index (χ1v) is 7.27. The van der Waals surface area contributed by atoms with Crippen molar-refractivity contribution in [2.75, 3.05) is 0 Å². The molecule has 0 bridgehead atoms. The maximum Gasteiger partial charge on any atom is 0.328 e. The van der Waals surface area contributed by atoms with Crippen molar-refractivity contribution in [1.29, 1.82) is 0 Å². The van der Waals surface area contributed by atoms with Crippen molar-refractivity contribution in [2.24, 2.45) is 0 Å². The van der Waals surface area contributed by atoms with Gasteiger partial charge >= 0.3 is 5.97 Å². The van der Waals surface area contributed by atoms with Gasteiger partial charge in [-0.25, -0.2) is 4.79 Å². The summed E-state index contributed by atoms with van der Waals surface area (Å²) in [7, 11) is 0. The number of aliphatic carboxylic acids is 1. The van der Waals surface area contributed by atoms with E-state index in [-0.39, 0.29) is 0 Å². The molecule has 5 heteroatoms. The summed E-state index contributed by atoms with van der Waals surface area (Å²) in [5.41, 5.74) is 1.76. The molecule has 3 nitrogen and oxygen atoms in total. The van der Waals surface area contributed by atoms with Gasteiger partial charge in [0.25, 0.3) is 0 Å². The minimum atomic E-state index is -1.00. The van der Waals surface area contributed by atoms with Crippen LogP contribution in [0.15, 0.2) is 46.9 Å². The lowest BCUT2D eigenvalue weighted by Gasteiger charge is -2.09. The van der Waals surface area contributed by atoms with E-state index < -0.39 is 5.97 Å². The van der Waals surface area contributed by atoms with Crippen LogP contribution in [-0.2, 0) is 4.79 Å². The first-order chi connectivity index (χ1) is 9.95. The van der Waals surface area contributed by atoms with E-state index >= 15 is 0 Å². The van der Waals surface area contributed by atoms with Crippen LogP contribution < -0.4 is 4.74 Å². The zero-order chi connectivity index (χ0) is 15.4. The molecule has 0 unspecified atom stereocenters. The number of benzene rings is 2. The van der Waals surface area contributed by atoms with Gasteiger partial charge in [0.2, 0.25) is 0 Å². The third-order valence-electron chi connectivity index (χ3n) is 2.73. The van der Waals surface area contributed by atoms with Crippen LogP contribution in [0.4, 0.5) is 0 Å². The highest BCUT2D eigenvalue weighted by atomic mass is 79.9. The average molecular weight is 368 g/mol. The summed E-state index contributed by atoms with van der Waals surface area (Å²) >= 11 is 9.58. The maximum absolute atomic E-state index is 10.5. The molecule has 0 aliphatic rings. The van der Waals surface area contributed by atoms with E-state index in [0.717, 1.165) is 16.1 Å². The molecule has 2 aromatic rings. The van der Waals surface area contributed by atoms with Gasteiger partial charge in [-0.05, 0) is 54.5 Å². The highest BCUT2D eigenvalue weighted by Crippen LogP contribution is 2.32. The van der Waals surface area contributed by atoms with Crippen LogP contribution in [0, 0.1) is 6.92 Å². The Morgan fingerprint density at radius 3 is 2.67 bits per heavy atom. The lowest BCUT2D eigenvalue weighted by molar-refractivity contribution is -0.131. The Bertz CT molecular complexity index is 711. The average Bonchev–Trinajstić information content (AvgIpc) is 2.43. The monoisotopic (exact) mass is 366 g/mol. The van der Waals surface area contributed by atoms with Gasteiger partial charge < -0.3 is 9.84 Å². The van der Waals surface area contributed by atoms with Crippen LogP contribution in [0.25, 0.3) is 6.08 Å². The normalized spacial score (nSPS) is 10.8. The predicted molar refractivity (Wildman–Crippen MR) is 87.1 cm³/mol. The fourth-order valence-corrected chi connectivity index (χ4v) is 2.15. The maximum atomic E-state index is 10.5. The van der Waals surface area contributed by atoms with Gasteiger partial charge in [0.15, 0.2) is 0 Å². The van der Waals surface area contributed by atoms with E-state index in [4.69, 9.17) is 21.4 Å². The lowest BCUT2D eigenvalue weighted by Crippen LogP contribution is -1.88. The number of carboxylic acids is 1. The molecule has 0 atom stereocenters. The van der Waals surface area contributed by atoms with Crippen molar-refractivity contribution < 1.29 is 14.6 Å². The molecule has 0 radical (unpaired) electrons. The Morgan fingerprint density at radius 2 is 2.05 bits per heavy atom. The summed E-state index contributed by atoms with van der Waals surface area (Å²) in [6, 6.07) is 10.8. The van der Waals surface area contributed by atoms with Gasteiger partial charge in [0.1, 0.15) is 11.5 Å². The lowest BCUT2D eigenvalue weighted by atomic mass is 10.2. The third kappa shape index (κ3) is 4.34. The SMILES string of the molecule is Cc1cc(Oc2ccc(/C=C/C(=O)O)cc2Cl)ccc1Br. The molecule has 0 saturated heterocycles. The number of ether oxygens (including phenoxy) is 1. The van der Waals surface area contributed by atoms with E-state index in [1.165, 1.54) is 6.08 Å². The molecule has 108 valence electrons. The smallest absolute Gasteiger partial charge is 0.328 e. The molecule has 0 fully saturated rings. The molecule has 0 aliphatic heterocycles. The number of rotatable bonds is 4. The number of carboxylic acid groups (broad SMARTS) is 1. The fourth-order valence-electron chi connectivity index (χ4n) is 1.68. The largest absolute Gasteiger partial charge is 0.478 e. The summed E-state index contributed by atoms with van der Waals surface area (Å²) in [6.45, 7) is 1.97. The van der Waals surface area contributed by atoms with E-state index in [0.29, 0.717) is 22.1 Å². The molecular formula is C16H12BrClO3. The van der Waals surface area contributed by atoms with Crippen molar-refractivity contribution in [2.45, 2.75) is 6.92 Å². The van der Waals surface area contributed by atoms with Gasteiger partial charge in [0.05, 0.1) is 5.02 Å². The van der Waals surface area contributed by atoms with Crippen LogP contribution in [-0.4, -0.2) is 11.1 Å². The molecular weight excluding hydrogens is 356 g/mol. The third-order valence-corrected chi connectivity index (χ3v) is 3.92. The van der Waals surface area contributed by atoms with Crippen molar-refractivity contribution in [3.8, 4) is 11.5 Å². The van der Waals surface area contributed by atoms with Crippen LogP contribution in [0.5, 0.6) is 11.5 Å². The van der Waals surface area contributed by atoms with E-state index in [9.17, 15) is 4.79 Å². The molecule has 1 N–H and O–H groups in total. The molecule has 0 saturated carbocycles. The number of aryl methyl sites for hydroxylation is 1. The number of carbonyl (C=O) groups is 1. The Kier molecular flexibility index (Phi) is 5.04. The minimum absolute atomic E-state index is 0.420. The van der Waals surface area contributed by atoms with Gasteiger partial charge in [-0.1, -0.05) is 33.6 Å². The molecule has 2 rings (SSSR count). The number of halogens is 2. The highest BCUT2D eigenvalue weighted by molar-refractivity contribution is 9.10. The topological polar surface area (TPSA) is 46.5 Å². The standard InChI is InChI=1S/C16H12BrClO3/c1-10-8-12(4-5-13(10)17)21-15-6-2-11(9-14(15)18)3-7-16(19)20/h2-9H,1H3,(H,19,20)/b7-3+. The minimum Gasteiger partial charge on any atom is -0.478 e. The Labute approximate surface area is 135 Å². The molecule has 0 aliphatic carbocycles. The summed E-state index contributed by atoms with van der Waals surface area (Å²) < 4.78 is 6.74. The van der Waals surface area contributed by atoms with Crippen LogP contribution in [0.3, 0.4) is 0 Å². The van der Waals surface area contributed by atoms with Gasteiger partial charge in [-0.3, -0.25) is 0 Å². The quantitative estimate of drug-likeness (QED) is 0.746. The van der Waals surface area contributed by atoms with Crippen LogP contribution in [0.2, 0.25) is 5.02 Å². The van der Waals surface area contributed by atoms with Gasteiger partial charge in [-0.2, -0.15) is 0 Å². The van der Waals surface area contributed by atoms with Crippen LogP contribution >= 0.6 is 27.5 Å². The van der Waals surface area contributed by atoms with Crippen molar-refractivity contribution in [1.82, 2.24) is 0 Å².